The van der Waals surface area contributed by atoms with Gasteiger partial charge in [-0.25, -0.2) is 9.79 Å². The summed E-state index contributed by atoms with van der Waals surface area (Å²) in [5.41, 5.74) is -0.466. The summed E-state index contributed by atoms with van der Waals surface area (Å²) in [6.07, 6.45) is -4.15. The van der Waals surface area contributed by atoms with Crippen LogP contribution in [-0.4, -0.2) is 28.3 Å². The van der Waals surface area contributed by atoms with Crippen LogP contribution < -0.4 is 10.1 Å². The quantitative estimate of drug-likeness (QED) is 0.593. The van der Waals surface area contributed by atoms with E-state index in [-0.39, 0.29) is 15.8 Å². The van der Waals surface area contributed by atoms with Gasteiger partial charge in [0.2, 0.25) is 0 Å². The minimum atomic E-state index is -4.63. The molecule has 0 radical (unpaired) electrons. The summed E-state index contributed by atoms with van der Waals surface area (Å²) in [5.74, 6) is -1.28. The second kappa shape index (κ2) is 9.03. The zero-order valence-corrected chi connectivity index (χ0v) is 17.3. The molecule has 1 unspecified atom stereocenters. The van der Waals surface area contributed by atoms with E-state index in [2.05, 4.69) is 10.3 Å². The van der Waals surface area contributed by atoms with Gasteiger partial charge in [-0.05, 0) is 60.7 Å². The summed E-state index contributed by atoms with van der Waals surface area (Å²) in [6.45, 7) is 1.39. The molecule has 3 rings (SSSR count). The number of nitrogens with zero attached hydrogens (tertiary/aromatic N) is 1. The molecule has 1 saturated heterocycles. The van der Waals surface area contributed by atoms with E-state index in [0.717, 1.165) is 23.9 Å². The first-order valence-corrected chi connectivity index (χ1v) is 9.88. The summed E-state index contributed by atoms with van der Waals surface area (Å²) in [7, 11) is 0. The van der Waals surface area contributed by atoms with E-state index in [9.17, 15) is 22.8 Å². The maximum absolute atomic E-state index is 13.0. The number of hydrogen-bond acceptors (Lipinski definition) is 5. The highest BCUT2D eigenvalue weighted by Crippen LogP contribution is 2.37. The molecule has 1 heterocycles. The zero-order valence-electron chi connectivity index (χ0n) is 15.7. The number of aliphatic imine (C=N–C) groups is 1. The van der Waals surface area contributed by atoms with Gasteiger partial charge in [0.15, 0.2) is 11.3 Å². The highest BCUT2D eigenvalue weighted by Gasteiger charge is 2.33. The number of rotatable bonds is 5. The number of halogens is 4. The summed E-state index contributed by atoms with van der Waals surface area (Å²) >= 11 is 6.55. The van der Waals surface area contributed by atoms with Gasteiger partial charge in [-0.15, -0.1) is 0 Å². The van der Waals surface area contributed by atoms with Crippen molar-refractivity contribution in [3.63, 3.8) is 0 Å². The molecule has 31 heavy (non-hydrogen) atoms. The number of aliphatic carboxylic acids is 1. The van der Waals surface area contributed by atoms with E-state index in [1.165, 1.54) is 19.1 Å². The second-order valence-corrected chi connectivity index (χ2v) is 7.75. The number of thioether (sulfide) groups is 1. The Labute approximate surface area is 183 Å². The first-order valence-electron chi connectivity index (χ1n) is 8.69. The van der Waals surface area contributed by atoms with Gasteiger partial charge in [-0.2, -0.15) is 13.2 Å². The first kappa shape index (κ1) is 22.7. The smallest absolute Gasteiger partial charge is 0.417 e. The van der Waals surface area contributed by atoms with E-state index in [1.54, 1.807) is 24.3 Å². The van der Waals surface area contributed by atoms with Crippen LogP contribution in [-0.2, 0) is 15.8 Å². The predicted octanol–water partition coefficient (Wildman–Crippen LogP) is 5.10. The van der Waals surface area contributed by atoms with Crippen LogP contribution in [0.25, 0.3) is 6.08 Å². The van der Waals surface area contributed by atoms with Crippen LogP contribution in [0.3, 0.4) is 0 Å². The van der Waals surface area contributed by atoms with Crippen LogP contribution in [0.1, 0.15) is 18.1 Å². The van der Waals surface area contributed by atoms with Crippen molar-refractivity contribution in [2.75, 3.05) is 0 Å². The Kier molecular flexibility index (Phi) is 6.61. The third-order valence-electron chi connectivity index (χ3n) is 3.95. The molecular formula is C20H14ClF3N2O4S. The number of hydrogen-bond donors (Lipinski definition) is 2. The molecule has 2 N–H and O–H groups in total. The van der Waals surface area contributed by atoms with E-state index in [0.29, 0.717) is 11.3 Å². The van der Waals surface area contributed by atoms with Crippen molar-refractivity contribution in [2.45, 2.75) is 19.2 Å². The maximum Gasteiger partial charge on any atom is 0.417 e. The Balaban J connectivity index is 1.81. The monoisotopic (exact) mass is 470 g/mol. The lowest BCUT2D eigenvalue weighted by atomic mass is 10.2. The van der Waals surface area contributed by atoms with Gasteiger partial charge in [0, 0.05) is 0 Å². The van der Waals surface area contributed by atoms with Crippen molar-refractivity contribution < 1.29 is 32.6 Å². The van der Waals surface area contributed by atoms with E-state index < -0.39 is 34.7 Å². The standard InChI is InChI=1S/C20H14ClF3N2O4S/c1-10(18(28)29)30-13-4-2-3-11(7-13)8-16-17(27)26-19(31-16)25-12-5-6-15(21)14(9-12)20(22,23)24/h2-10H,1H3,(H,28,29)(H,25,26,27)/b16-8+. The van der Waals surface area contributed by atoms with Gasteiger partial charge in [0.05, 0.1) is 21.2 Å². The molecular weight excluding hydrogens is 457 g/mol. The second-order valence-electron chi connectivity index (χ2n) is 6.31. The SMILES string of the molecule is CC(Oc1cccc(/C=C2/SC(=Nc3ccc(Cl)c(C(F)(F)F)c3)NC2=O)c1)C(=O)O. The Morgan fingerprint density at radius 1 is 1.29 bits per heavy atom. The summed E-state index contributed by atoms with van der Waals surface area (Å²) in [6, 6.07) is 9.65. The van der Waals surface area contributed by atoms with Crippen molar-refractivity contribution in [2.24, 2.45) is 4.99 Å². The number of carboxylic acid groups (broad SMARTS) is 1. The van der Waals surface area contributed by atoms with Gasteiger partial charge in [-0.3, -0.25) is 4.79 Å². The van der Waals surface area contributed by atoms with Gasteiger partial charge < -0.3 is 15.2 Å². The lowest BCUT2D eigenvalue weighted by Crippen LogP contribution is -2.22. The maximum atomic E-state index is 13.0. The molecule has 1 aliphatic heterocycles. The van der Waals surface area contributed by atoms with Gasteiger partial charge in [-0.1, -0.05) is 23.7 Å². The van der Waals surface area contributed by atoms with Crippen LogP contribution >= 0.6 is 23.4 Å². The molecule has 6 nitrogen and oxygen atoms in total. The minimum Gasteiger partial charge on any atom is -0.479 e. The first-order chi connectivity index (χ1) is 14.5. The minimum absolute atomic E-state index is 0.0150. The fourth-order valence-corrected chi connectivity index (χ4v) is 3.55. The number of carboxylic acids is 1. The molecule has 0 aliphatic carbocycles. The molecule has 1 amide bonds. The van der Waals surface area contributed by atoms with Crippen LogP contribution in [0.15, 0.2) is 52.4 Å². The molecule has 11 heteroatoms. The molecule has 1 fully saturated rings. The molecule has 1 aliphatic rings. The average Bonchev–Trinajstić information content (AvgIpc) is 3.01. The van der Waals surface area contributed by atoms with Gasteiger partial charge in [0.1, 0.15) is 5.75 Å². The van der Waals surface area contributed by atoms with Gasteiger partial charge >= 0.3 is 12.1 Å². The number of amides is 1. The third kappa shape index (κ3) is 5.80. The lowest BCUT2D eigenvalue weighted by Gasteiger charge is -2.10. The molecule has 0 spiro atoms. The zero-order chi connectivity index (χ0) is 22.8. The lowest BCUT2D eigenvalue weighted by molar-refractivity contribution is -0.144. The van der Waals surface area contributed by atoms with Crippen LogP contribution in [0.4, 0.5) is 18.9 Å². The number of alkyl halides is 3. The summed E-state index contributed by atoms with van der Waals surface area (Å²) < 4.78 is 44.3. The van der Waals surface area contributed by atoms with Gasteiger partial charge in [0.25, 0.3) is 5.91 Å². The molecule has 0 bridgehead atoms. The molecule has 1 atom stereocenters. The summed E-state index contributed by atoms with van der Waals surface area (Å²) in [4.78, 5) is 27.4. The third-order valence-corrected chi connectivity index (χ3v) is 5.19. The fourth-order valence-electron chi connectivity index (χ4n) is 2.48. The number of carbonyl (C=O) groups excluding carboxylic acids is 1. The highest BCUT2D eigenvalue weighted by atomic mass is 35.5. The Morgan fingerprint density at radius 3 is 2.71 bits per heavy atom. The Hall–Kier alpha value is -2.98. The van der Waals surface area contributed by atoms with Crippen LogP contribution in [0.2, 0.25) is 5.02 Å². The van der Waals surface area contributed by atoms with E-state index >= 15 is 0 Å². The number of ether oxygens (including phenoxy) is 1. The predicted molar refractivity (Wildman–Crippen MR) is 111 cm³/mol. The largest absolute Gasteiger partial charge is 0.479 e. The van der Waals surface area contributed by atoms with E-state index in [1.807, 2.05) is 0 Å². The van der Waals surface area contributed by atoms with Crippen molar-refractivity contribution in [1.82, 2.24) is 5.32 Å². The summed E-state index contributed by atoms with van der Waals surface area (Å²) in [5, 5.41) is 11.1. The Bertz CT molecular complexity index is 1100. The molecule has 2 aromatic carbocycles. The molecule has 0 saturated carbocycles. The van der Waals surface area contributed by atoms with Crippen molar-refractivity contribution >= 4 is 52.2 Å². The molecule has 162 valence electrons. The van der Waals surface area contributed by atoms with Crippen molar-refractivity contribution in [1.29, 1.82) is 0 Å². The number of amidine groups is 1. The molecule has 2 aromatic rings. The van der Waals surface area contributed by atoms with E-state index in [4.69, 9.17) is 21.4 Å². The Morgan fingerprint density at radius 2 is 2.03 bits per heavy atom. The normalized spacial score (nSPS) is 17.6. The van der Waals surface area contributed by atoms with Crippen LogP contribution in [0.5, 0.6) is 5.75 Å². The van der Waals surface area contributed by atoms with Crippen molar-refractivity contribution in [3.8, 4) is 5.75 Å². The fraction of sp³-hybridized carbons (Fsp3) is 0.150. The van der Waals surface area contributed by atoms with Crippen LogP contribution in [0, 0.1) is 0 Å². The van der Waals surface area contributed by atoms with Crippen molar-refractivity contribution in [3.05, 3.63) is 63.5 Å². The average molecular weight is 471 g/mol. The number of benzene rings is 2. The molecule has 0 aromatic heterocycles. The number of carbonyl (C=O) groups is 2. The topological polar surface area (TPSA) is 88.0 Å². The number of nitrogens with one attached hydrogen (secondary N) is 1. The highest BCUT2D eigenvalue weighted by molar-refractivity contribution is 8.18.